The van der Waals surface area contributed by atoms with Crippen LogP contribution in [0.2, 0.25) is 10.0 Å². The highest BCUT2D eigenvalue weighted by molar-refractivity contribution is 6.31. The lowest BCUT2D eigenvalue weighted by Crippen LogP contribution is -2.42. The zero-order valence-corrected chi connectivity index (χ0v) is 23.4. The topological polar surface area (TPSA) is 87.7 Å². The van der Waals surface area contributed by atoms with Crippen LogP contribution in [0.15, 0.2) is 54.6 Å². The maximum atomic E-state index is 15.2. The Morgan fingerprint density at radius 1 is 1.00 bits per heavy atom. The molecular weight excluding hydrogens is 575 g/mol. The van der Waals surface area contributed by atoms with Gasteiger partial charge in [0.25, 0.3) is 5.91 Å². The summed E-state index contributed by atoms with van der Waals surface area (Å²) < 4.78 is 35.6. The van der Waals surface area contributed by atoms with Gasteiger partial charge in [0.2, 0.25) is 12.3 Å². The first-order valence-corrected chi connectivity index (χ1v) is 13.9. The molecule has 5 rings (SSSR count). The highest BCUT2D eigenvalue weighted by Crippen LogP contribution is 2.51. The third-order valence-corrected chi connectivity index (χ3v) is 8.05. The monoisotopic (exact) mass is 601 g/mol. The molecule has 0 bridgehead atoms. The van der Waals surface area contributed by atoms with Crippen LogP contribution in [0, 0.1) is 11.6 Å². The van der Waals surface area contributed by atoms with E-state index in [1.54, 1.807) is 41.3 Å². The van der Waals surface area contributed by atoms with Gasteiger partial charge < -0.3 is 20.3 Å². The number of likely N-dealkylation sites (tertiary alicyclic amines) is 1. The van der Waals surface area contributed by atoms with Gasteiger partial charge in [-0.2, -0.15) is 0 Å². The molecule has 3 aromatic rings. The van der Waals surface area contributed by atoms with Crippen LogP contribution in [-0.2, 0) is 14.4 Å². The summed E-state index contributed by atoms with van der Waals surface area (Å²) in [6.45, 7) is 1.13. The molecule has 214 valence electrons. The van der Waals surface area contributed by atoms with Crippen LogP contribution >= 0.6 is 23.2 Å². The Balaban J connectivity index is 1.63. The molecule has 0 saturated carbocycles. The number of nitrogens with one attached hydrogen (secondary N) is 2. The summed E-state index contributed by atoms with van der Waals surface area (Å²) in [5.74, 6) is -3.02. The van der Waals surface area contributed by atoms with Gasteiger partial charge in [0.1, 0.15) is 17.4 Å². The molecule has 41 heavy (non-hydrogen) atoms. The van der Waals surface area contributed by atoms with E-state index in [-0.39, 0.29) is 24.5 Å². The highest BCUT2D eigenvalue weighted by atomic mass is 35.5. The fourth-order valence-electron chi connectivity index (χ4n) is 5.75. The van der Waals surface area contributed by atoms with Crippen molar-refractivity contribution in [1.82, 2.24) is 10.2 Å². The van der Waals surface area contributed by atoms with Crippen molar-refractivity contribution in [2.24, 2.45) is 0 Å². The van der Waals surface area contributed by atoms with Gasteiger partial charge in [-0.05, 0) is 72.5 Å². The number of piperidine rings is 1. The fourth-order valence-corrected chi connectivity index (χ4v) is 6.10. The van der Waals surface area contributed by atoms with Crippen molar-refractivity contribution >= 4 is 47.1 Å². The molecule has 2 aliphatic rings. The first-order valence-electron chi connectivity index (χ1n) is 13.2. The second kappa shape index (κ2) is 12.4. The number of amides is 3. The molecule has 2 heterocycles. The predicted octanol–water partition coefficient (Wildman–Crippen LogP) is 5.97. The van der Waals surface area contributed by atoms with Gasteiger partial charge in [0.15, 0.2) is 6.61 Å². The molecule has 2 fully saturated rings. The zero-order valence-electron chi connectivity index (χ0n) is 21.8. The van der Waals surface area contributed by atoms with Gasteiger partial charge >= 0.3 is 0 Å². The lowest BCUT2D eigenvalue weighted by atomic mass is 9.70. The van der Waals surface area contributed by atoms with Crippen molar-refractivity contribution < 1.29 is 27.9 Å². The fraction of sp³-hybridized carbons (Fsp3) is 0.300. The number of nitrogens with zero attached hydrogens (tertiary/aromatic N) is 1. The van der Waals surface area contributed by atoms with Gasteiger partial charge in [-0.3, -0.25) is 14.4 Å². The molecule has 0 spiro atoms. The third kappa shape index (κ3) is 6.31. The molecule has 2 saturated heterocycles. The lowest BCUT2D eigenvalue weighted by molar-refractivity contribution is -0.132. The summed E-state index contributed by atoms with van der Waals surface area (Å²) in [5.41, 5.74) is 1.32. The van der Waals surface area contributed by atoms with Crippen molar-refractivity contribution in [3.8, 4) is 5.75 Å². The summed E-state index contributed by atoms with van der Waals surface area (Å²) in [4.78, 5) is 39.2. The summed E-state index contributed by atoms with van der Waals surface area (Å²) >= 11 is 12.6. The molecule has 3 unspecified atom stereocenters. The van der Waals surface area contributed by atoms with Gasteiger partial charge in [0, 0.05) is 52.6 Å². The van der Waals surface area contributed by atoms with E-state index in [1.165, 1.54) is 0 Å². The van der Waals surface area contributed by atoms with E-state index in [1.807, 2.05) is 0 Å². The van der Waals surface area contributed by atoms with Crippen LogP contribution in [-0.4, -0.2) is 42.8 Å². The predicted molar refractivity (Wildman–Crippen MR) is 151 cm³/mol. The summed E-state index contributed by atoms with van der Waals surface area (Å²) in [5, 5.41) is 6.17. The first kappa shape index (κ1) is 28.8. The molecule has 0 aliphatic carbocycles. The van der Waals surface area contributed by atoms with E-state index in [9.17, 15) is 18.8 Å². The van der Waals surface area contributed by atoms with Crippen LogP contribution in [0.5, 0.6) is 5.75 Å². The number of anilines is 1. The largest absolute Gasteiger partial charge is 0.483 e. The SMILES string of the molecule is O=CNc1cc(Cl)ccc1C1C(c2cc(Cl)ccc2OCC(=O)N2CCCC2)CC(=O)NC1c1cc(F)ccc1F. The second-order valence-corrected chi connectivity index (χ2v) is 11.0. The van der Waals surface area contributed by atoms with Crippen molar-refractivity contribution in [3.05, 3.63) is 93.0 Å². The average Bonchev–Trinajstić information content (AvgIpc) is 3.49. The molecule has 3 atom stereocenters. The van der Waals surface area contributed by atoms with E-state index < -0.39 is 35.4 Å². The van der Waals surface area contributed by atoms with Gasteiger partial charge in [-0.25, -0.2) is 8.78 Å². The molecule has 2 aliphatic heterocycles. The summed E-state index contributed by atoms with van der Waals surface area (Å²) in [7, 11) is 0. The van der Waals surface area contributed by atoms with E-state index >= 15 is 4.39 Å². The molecule has 3 amide bonds. The van der Waals surface area contributed by atoms with Crippen molar-refractivity contribution in [1.29, 1.82) is 0 Å². The van der Waals surface area contributed by atoms with Gasteiger partial charge in [-0.15, -0.1) is 0 Å². The summed E-state index contributed by atoms with van der Waals surface area (Å²) in [6.07, 6.45) is 2.30. The Labute approximate surface area is 245 Å². The van der Waals surface area contributed by atoms with Crippen LogP contribution in [0.1, 0.15) is 53.8 Å². The maximum Gasteiger partial charge on any atom is 0.260 e. The number of halogens is 4. The Bertz CT molecular complexity index is 1480. The molecular formula is C30H27Cl2F2N3O4. The van der Waals surface area contributed by atoms with Crippen molar-refractivity contribution in [3.63, 3.8) is 0 Å². The number of hydrogen-bond acceptors (Lipinski definition) is 4. The minimum Gasteiger partial charge on any atom is -0.483 e. The lowest BCUT2D eigenvalue weighted by Gasteiger charge is -2.40. The third-order valence-electron chi connectivity index (χ3n) is 7.58. The van der Waals surface area contributed by atoms with Gasteiger partial charge in [-0.1, -0.05) is 29.3 Å². The van der Waals surface area contributed by atoms with E-state index in [4.69, 9.17) is 27.9 Å². The van der Waals surface area contributed by atoms with Crippen LogP contribution < -0.4 is 15.4 Å². The number of benzene rings is 3. The smallest absolute Gasteiger partial charge is 0.260 e. The van der Waals surface area contributed by atoms with E-state index in [0.29, 0.717) is 52.1 Å². The van der Waals surface area contributed by atoms with E-state index in [2.05, 4.69) is 10.6 Å². The number of rotatable bonds is 8. The molecule has 7 nitrogen and oxygen atoms in total. The number of ether oxygens (including phenoxy) is 1. The Kier molecular flexibility index (Phi) is 8.75. The Hall–Kier alpha value is -3.69. The minimum atomic E-state index is -1.04. The average molecular weight is 602 g/mol. The maximum absolute atomic E-state index is 15.2. The quantitative estimate of drug-likeness (QED) is 0.311. The summed E-state index contributed by atoms with van der Waals surface area (Å²) in [6, 6.07) is 11.7. The van der Waals surface area contributed by atoms with Crippen molar-refractivity contribution in [2.45, 2.75) is 37.1 Å². The Morgan fingerprint density at radius 2 is 1.73 bits per heavy atom. The normalized spacial score (nSPS) is 20.4. The first-order chi connectivity index (χ1) is 19.7. The second-order valence-electron chi connectivity index (χ2n) is 10.1. The van der Waals surface area contributed by atoms with E-state index in [0.717, 1.165) is 31.0 Å². The van der Waals surface area contributed by atoms with Crippen LogP contribution in [0.3, 0.4) is 0 Å². The molecule has 11 heteroatoms. The Morgan fingerprint density at radius 3 is 2.49 bits per heavy atom. The molecule has 2 N–H and O–H groups in total. The minimum absolute atomic E-state index is 0.0575. The standard InChI is InChI=1S/C30H27Cl2F2N3O4/c31-17-4-8-26(41-15-28(40)37-9-1-2-10-37)21(11-17)22-14-27(39)36-30(23-13-19(33)5-7-24(23)34)29(22)20-6-3-18(32)12-25(20)35-16-38/h3-8,11-13,16,22,29-30H,1-2,9-10,14-15H2,(H,35,38)(H,36,39). The number of carbonyl (C=O) groups excluding carboxylic acids is 3. The van der Waals surface area contributed by atoms with Crippen LogP contribution in [0.4, 0.5) is 14.5 Å². The molecule has 0 aromatic heterocycles. The van der Waals surface area contributed by atoms with Crippen molar-refractivity contribution in [2.75, 3.05) is 25.0 Å². The van der Waals surface area contributed by atoms with Crippen LogP contribution in [0.25, 0.3) is 0 Å². The van der Waals surface area contributed by atoms with Gasteiger partial charge in [0.05, 0.1) is 6.04 Å². The molecule has 3 aromatic carbocycles. The zero-order chi connectivity index (χ0) is 29.1. The highest BCUT2D eigenvalue weighted by Gasteiger charge is 2.43. The number of hydrogen-bond donors (Lipinski definition) is 2. The number of carbonyl (C=O) groups is 3. The molecule has 0 radical (unpaired) electrons.